The average molecular weight is 486 g/mol. The Bertz CT molecular complexity index is 1080. The Labute approximate surface area is 188 Å². The molecule has 2 aromatic heterocycles. The molecule has 1 aliphatic heterocycles. The highest BCUT2D eigenvalue weighted by Gasteiger charge is 2.31. The van der Waals surface area contributed by atoms with Crippen molar-refractivity contribution >= 4 is 27.7 Å². The molecule has 0 unspecified atom stereocenters. The average Bonchev–Trinajstić information content (AvgIpc) is 3.33. The third-order valence-corrected chi connectivity index (χ3v) is 5.74. The lowest BCUT2D eigenvalue weighted by molar-refractivity contribution is 0.0218. The van der Waals surface area contributed by atoms with Crippen molar-refractivity contribution in [1.29, 1.82) is 0 Å². The molecule has 3 heterocycles. The number of halogens is 1. The predicted molar refractivity (Wildman–Crippen MR) is 120 cm³/mol. The Morgan fingerprint density at radius 2 is 2.13 bits per heavy atom. The van der Waals surface area contributed by atoms with Crippen LogP contribution in [-0.4, -0.2) is 46.0 Å². The Hall–Kier alpha value is -2.75. The number of rotatable bonds is 6. The quantitative estimate of drug-likeness (QED) is 0.556. The molecule has 31 heavy (non-hydrogen) atoms. The van der Waals surface area contributed by atoms with E-state index in [0.717, 1.165) is 26.9 Å². The SMILES string of the molecule is Cc1nn(C)cc1-c1cnc(N)c(C(=O)N[C@H]2COC[C@@H]2OCc2ccc(Br)cc2)c1. The summed E-state index contributed by atoms with van der Waals surface area (Å²) < 4.78 is 14.3. The van der Waals surface area contributed by atoms with Crippen LogP contribution in [0.15, 0.2) is 47.2 Å². The molecule has 162 valence electrons. The number of nitrogen functional groups attached to an aromatic ring is 1. The van der Waals surface area contributed by atoms with E-state index in [4.69, 9.17) is 15.2 Å². The van der Waals surface area contributed by atoms with Crippen molar-refractivity contribution in [1.82, 2.24) is 20.1 Å². The molecule has 4 rings (SSSR count). The maximum atomic E-state index is 13.0. The van der Waals surface area contributed by atoms with Gasteiger partial charge in [0.2, 0.25) is 0 Å². The first-order chi connectivity index (χ1) is 14.9. The summed E-state index contributed by atoms with van der Waals surface area (Å²) >= 11 is 3.42. The minimum absolute atomic E-state index is 0.175. The van der Waals surface area contributed by atoms with Crippen LogP contribution < -0.4 is 11.1 Å². The molecule has 1 aliphatic rings. The fourth-order valence-electron chi connectivity index (χ4n) is 3.55. The fourth-order valence-corrected chi connectivity index (χ4v) is 3.82. The number of ether oxygens (including phenoxy) is 2. The number of nitrogens with one attached hydrogen (secondary N) is 1. The fraction of sp³-hybridized carbons (Fsp3) is 0.318. The molecular formula is C22H24BrN5O3. The normalized spacial score (nSPS) is 18.3. The highest BCUT2D eigenvalue weighted by molar-refractivity contribution is 9.10. The number of anilines is 1. The van der Waals surface area contributed by atoms with Gasteiger partial charge in [-0.05, 0) is 30.7 Å². The standard InChI is InChI=1S/C22H24BrN5O3/c1-13-18(9-28(2)27-13)15-7-17(21(24)25-8-15)22(29)26-19-11-30-12-20(19)31-10-14-3-5-16(23)6-4-14/h3-9,19-20H,10-12H2,1-2H3,(H2,24,25)(H,26,29)/t19-,20-/m0/s1. The van der Waals surface area contributed by atoms with Gasteiger partial charge in [-0.3, -0.25) is 9.48 Å². The summed E-state index contributed by atoms with van der Waals surface area (Å²) in [5.41, 5.74) is 9.92. The summed E-state index contributed by atoms with van der Waals surface area (Å²) in [5.74, 6) is -0.129. The van der Waals surface area contributed by atoms with Gasteiger partial charge in [0.15, 0.2) is 0 Å². The maximum Gasteiger partial charge on any atom is 0.255 e. The predicted octanol–water partition coefficient (Wildman–Crippen LogP) is 2.85. The van der Waals surface area contributed by atoms with Crippen LogP contribution in [0, 0.1) is 6.92 Å². The van der Waals surface area contributed by atoms with Gasteiger partial charge >= 0.3 is 0 Å². The number of nitrogens with two attached hydrogens (primary N) is 1. The lowest BCUT2D eigenvalue weighted by atomic mass is 10.1. The summed E-state index contributed by atoms with van der Waals surface area (Å²) in [6.07, 6.45) is 3.30. The highest BCUT2D eigenvalue weighted by atomic mass is 79.9. The molecule has 0 aliphatic carbocycles. The topological polar surface area (TPSA) is 104 Å². The molecule has 3 N–H and O–H groups in total. The summed E-state index contributed by atoms with van der Waals surface area (Å²) in [6, 6.07) is 9.39. The Kier molecular flexibility index (Phi) is 6.35. The van der Waals surface area contributed by atoms with Gasteiger partial charge < -0.3 is 20.5 Å². The molecule has 0 spiro atoms. The lowest BCUT2D eigenvalue weighted by Crippen LogP contribution is -2.44. The van der Waals surface area contributed by atoms with Gasteiger partial charge in [-0.15, -0.1) is 0 Å². The van der Waals surface area contributed by atoms with E-state index in [1.54, 1.807) is 16.9 Å². The molecule has 8 nitrogen and oxygen atoms in total. The number of amides is 1. The van der Waals surface area contributed by atoms with Gasteiger partial charge in [-0.25, -0.2) is 4.98 Å². The van der Waals surface area contributed by atoms with E-state index in [0.29, 0.717) is 25.4 Å². The molecule has 0 radical (unpaired) electrons. The number of aromatic nitrogens is 3. The van der Waals surface area contributed by atoms with Gasteiger partial charge in [-0.1, -0.05) is 28.1 Å². The van der Waals surface area contributed by atoms with E-state index in [-0.39, 0.29) is 23.9 Å². The number of carbonyl (C=O) groups excluding carboxylic acids is 1. The van der Waals surface area contributed by atoms with Crippen LogP contribution in [0.4, 0.5) is 5.82 Å². The molecule has 1 saturated heterocycles. The zero-order valence-corrected chi connectivity index (χ0v) is 18.9. The Morgan fingerprint density at radius 1 is 1.35 bits per heavy atom. The van der Waals surface area contributed by atoms with Crippen molar-refractivity contribution in [2.75, 3.05) is 18.9 Å². The first-order valence-corrected chi connectivity index (χ1v) is 10.7. The summed E-state index contributed by atoms with van der Waals surface area (Å²) in [6.45, 7) is 3.15. The molecule has 3 aromatic rings. The van der Waals surface area contributed by atoms with E-state index in [1.807, 2.05) is 44.4 Å². The van der Waals surface area contributed by atoms with E-state index < -0.39 is 0 Å². The second-order valence-corrected chi connectivity index (χ2v) is 8.47. The summed E-state index contributed by atoms with van der Waals surface area (Å²) in [4.78, 5) is 17.2. The van der Waals surface area contributed by atoms with Crippen molar-refractivity contribution in [3.8, 4) is 11.1 Å². The van der Waals surface area contributed by atoms with E-state index in [2.05, 4.69) is 31.3 Å². The Balaban J connectivity index is 1.45. The second kappa shape index (κ2) is 9.17. The second-order valence-electron chi connectivity index (χ2n) is 7.55. The largest absolute Gasteiger partial charge is 0.383 e. The van der Waals surface area contributed by atoms with Crippen molar-refractivity contribution in [2.45, 2.75) is 25.7 Å². The van der Waals surface area contributed by atoms with Gasteiger partial charge in [0, 0.05) is 35.0 Å². The number of hydrogen-bond donors (Lipinski definition) is 2. The number of nitrogens with zero attached hydrogens (tertiary/aromatic N) is 3. The van der Waals surface area contributed by atoms with Crippen molar-refractivity contribution in [2.24, 2.45) is 7.05 Å². The highest BCUT2D eigenvalue weighted by Crippen LogP contribution is 2.25. The van der Waals surface area contributed by atoms with E-state index >= 15 is 0 Å². The summed E-state index contributed by atoms with van der Waals surface area (Å²) in [7, 11) is 1.85. The maximum absolute atomic E-state index is 13.0. The monoisotopic (exact) mass is 485 g/mol. The van der Waals surface area contributed by atoms with Crippen molar-refractivity contribution in [3.05, 3.63) is 64.0 Å². The summed E-state index contributed by atoms with van der Waals surface area (Å²) in [5, 5.41) is 7.34. The minimum atomic E-state index is -0.305. The van der Waals surface area contributed by atoms with E-state index in [9.17, 15) is 4.79 Å². The third kappa shape index (κ3) is 4.95. The van der Waals surface area contributed by atoms with Crippen LogP contribution in [-0.2, 0) is 23.1 Å². The number of pyridine rings is 1. The van der Waals surface area contributed by atoms with E-state index in [1.165, 1.54) is 0 Å². The molecule has 1 aromatic carbocycles. The third-order valence-electron chi connectivity index (χ3n) is 5.21. The number of hydrogen-bond acceptors (Lipinski definition) is 6. The zero-order valence-electron chi connectivity index (χ0n) is 17.3. The molecular weight excluding hydrogens is 462 g/mol. The first kappa shape index (κ1) is 21.5. The number of benzene rings is 1. The molecule has 0 bridgehead atoms. The molecule has 9 heteroatoms. The number of carbonyl (C=O) groups is 1. The van der Waals surface area contributed by atoms with Crippen LogP contribution in [0.3, 0.4) is 0 Å². The van der Waals surface area contributed by atoms with Crippen LogP contribution in [0.2, 0.25) is 0 Å². The smallest absolute Gasteiger partial charge is 0.255 e. The number of aryl methyl sites for hydroxylation is 2. The van der Waals surface area contributed by atoms with Crippen LogP contribution in [0.25, 0.3) is 11.1 Å². The Morgan fingerprint density at radius 3 is 2.84 bits per heavy atom. The van der Waals surface area contributed by atoms with Crippen LogP contribution >= 0.6 is 15.9 Å². The minimum Gasteiger partial charge on any atom is -0.383 e. The first-order valence-electron chi connectivity index (χ1n) is 9.91. The van der Waals surface area contributed by atoms with Gasteiger partial charge in [0.25, 0.3) is 5.91 Å². The van der Waals surface area contributed by atoms with Gasteiger partial charge in [-0.2, -0.15) is 5.10 Å². The molecule has 1 amide bonds. The lowest BCUT2D eigenvalue weighted by Gasteiger charge is -2.20. The zero-order chi connectivity index (χ0) is 22.0. The molecule has 2 atom stereocenters. The molecule has 1 fully saturated rings. The van der Waals surface area contributed by atoms with Crippen LogP contribution in [0.1, 0.15) is 21.6 Å². The van der Waals surface area contributed by atoms with Crippen molar-refractivity contribution < 1.29 is 14.3 Å². The molecule has 0 saturated carbocycles. The van der Waals surface area contributed by atoms with Gasteiger partial charge in [0.05, 0.1) is 37.1 Å². The van der Waals surface area contributed by atoms with Crippen LogP contribution in [0.5, 0.6) is 0 Å². The van der Waals surface area contributed by atoms with Crippen molar-refractivity contribution in [3.63, 3.8) is 0 Å². The van der Waals surface area contributed by atoms with Gasteiger partial charge in [0.1, 0.15) is 11.9 Å².